The number of hydrogen-bond donors (Lipinski definition) is 1. The molecule has 1 aromatic heterocycles. The molecule has 2 rings (SSSR count). The molecule has 20 heavy (non-hydrogen) atoms. The third kappa shape index (κ3) is 3.81. The van der Waals surface area contributed by atoms with Crippen LogP contribution in [0.5, 0.6) is 17.8 Å². The number of ether oxygens (including phenoxy) is 2. The van der Waals surface area contributed by atoms with E-state index in [1.54, 1.807) is 7.05 Å². The van der Waals surface area contributed by atoms with Gasteiger partial charge in [-0.25, -0.2) is 0 Å². The van der Waals surface area contributed by atoms with Gasteiger partial charge in [-0.1, -0.05) is 12.1 Å². The fraction of sp³-hybridized carbons (Fsp3) is 0.357. The van der Waals surface area contributed by atoms with E-state index in [0.717, 1.165) is 5.56 Å². The van der Waals surface area contributed by atoms with Crippen molar-refractivity contribution in [3.63, 3.8) is 0 Å². The van der Waals surface area contributed by atoms with Gasteiger partial charge in [0.05, 0.1) is 6.10 Å². The molecule has 1 aromatic carbocycles. The topological polar surface area (TPSA) is 69.2 Å². The van der Waals surface area contributed by atoms with Gasteiger partial charge >= 0.3 is 12.0 Å². The van der Waals surface area contributed by atoms with Crippen molar-refractivity contribution in [3.05, 3.63) is 29.8 Å². The molecule has 0 bridgehead atoms. The lowest BCUT2D eigenvalue weighted by molar-refractivity contribution is 0.218. The fourth-order valence-electron chi connectivity index (χ4n) is 1.54. The van der Waals surface area contributed by atoms with E-state index in [9.17, 15) is 0 Å². The average Bonchev–Trinajstić information content (AvgIpc) is 2.37. The highest BCUT2D eigenvalue weighted by Gasteiger charge is 2.10. The maximum absolute atomic E-state index is 5.64. The van der Waals surface area contributed by atoms with Crippen LogP contribution in [0, 0.1) is 6.92 Å². The van der Waals surface area contributed by atoms with Gasteiger partial charge in [-0.2, -0.15) is 9.97 Å². The van der Waals surface area contributed by atoms with E-state index in [4.69, 9.17) is 9.47 Å². The minimum Gasteiger partial charge on any atom is -0.461 e. The highest BCUT2D eigenvalue weighted by molar-refractivity contribution is 5.32. The second-order valence-electron chi connectivity index (χ2n) is 4.56. The molecule has 0 spiro atoms. The van der Waals surface area contributed by atoms with Gasteiger partial charge < -0.3 is 14.8 Å². The van der Waals surface area contributed by atoms with Gasteiger partial charge in [-0.05, 0) is 38.5 Å². The van der Waals surface area contributed by atoms with Gasteiger partial charge in [-0.15, -0.1) is 4.98 Å². The minimum absolute atomic E-state index is 0.0195. The highest BCUT2D eigenvalue weighted by Crippen LogP contribution is 2.21. The smallest absolute Gasteiger partial charge is 0.330 e. The van der Waals surface area contributed by atoms with Crippen LogP contribution in [0.2, 0.25) is 0 Å². The third-order valence-electron chi connectivity index (χ3n) is 2.36. The van der Waals surface area contributed by atoms with Gasteiger partial charge in [0.15, 0.2) is 0 Å². The van der Waals surface area contributed by atoms with Gasteiger partial charge in [0.25, 0.3) is 0 Å². The Labute approximate surface area is 118 Å². The molecule has 0 atom stereocenters. The van der Waals surface area contributed by atoms with Crippen molar-refractivity contribution >= 4 is 5.95 Å². The third-order valence-corrected chi connectivity index (χ3v) is 2.36. The lowest BCUT2D eigenvalue weighted by Crippen LogP contribution is -2.11. The minimum atomic E-state index is -0.0195. The summed E-state index contributed by atoms with van der Waals surface area (Å²) in [5.41, 5.74) is 1.10. The van der Waals surface area contributed by atoms with Crippen LogP contribution in [0.1, 0.15) is 19.4 Å². The van der Waals surface area contributed by atoms with Gasteiger partial charge in [0.2, 0.25) is 5.95 Å². The van der Waals surface area contributed by atoms with Gasteiger partial charge in [-0.3, -0.25) is 0 Å². The van der Waals surface area contributed by atoms with Crippen molar-refractivity contribution in [2.24, 2.45) is 0 Å². The van der Waals surface area contributed by atoms with Crippen molar-refractivity contribution in [1.82, 2.24) is 15.0 Å². The standard InChI is InChI=1S/C14H18N4O2/c1-9(2)19-13-16-12(15-4)17-14(18-13)20-11-7-5-6-10(3)8-11/h5-9H,1-4H3,(H,15,16,17,18). The molecule has 0 radical (unpaired) electrons. The Kier molecular flexibility index (Phi) is 4.34. The van der Waals surface area contributed by atoms with E-state index in [0.29, 0.717) is 11.7 Å². The van der Waals surface area contributed by atoms with E-state index < -0.39 is 0 Å². The number of hydrogen-bond acceptors (Lipinski definition) is 6. The molecule has 1 N–H and O–H groups in total. The van der Waals surface area contributed by atoms with Crippen LogP contribution in [0.25, 0.3) is 0 Å². The van der Waals surface area contributed by atoms with Gasteiger partial charge in [0.1, 0.15) is 5.75 Å². The van der Waals surface area contributed by atoms with Crippen LogP contribution in [0.15, 0.2) is 24.3 Å². The zero-order valence-electron chi connectivity index (χ0n) is 12.0. The average molecular weight is 274 g/mol. The van der Waals surface area contributed by atoms with Crippen LogP contribution in [0.3, 0.4) is 0 Å². The molecule has 1 heterocycles. The summed E-state index contributed by atoms with van der Waals surface area (Å²) < 4.78 is 11.1. The zero-order chi connectivity index (χ0) is 14.5. The lowest BCUT2D eigenvalue weighted by atomic mass is 10.2. The molecular formula is C14H18N4O2. The Hall–Kier alpha value is -2.37. The quantitative estimate of drug-likeness (QED) is 0.904. The second kappa shape index (κ2) is 6.18. The van der Waals surface area contributed by atoms with Crippen LogP contribution >= 0.6 is 0 Å². The van der Waals surface area contributed by atoms with Crippen molar-refractivity contribution in [1.29, 1.82) is 0 Å². The second-order valence-corrected chi connectivity index (χ2v) is 4.56. The number of aromatic nitrogens is 3. The molecule has 6 nitrogen and oxygen atoms in total. The summed E-state index contributed by atoms with van der Waals surface area (Å²) in [5.74, 6) is 1.08. The van der Waals surface area contributed by atoms with Crippen LogP contribution in [-0.4, -0.2) is 28.1 Å². The maximum atomic E-state index is 5.64. The summed E-state index contributed by atoms with van der Waals surface area (Å²) in [4.78, 5) is 12.4. The van der Waals surface area contributed by atoms with Gasteiger partial charge in [0, 0.05) is 7.05 Å². The number of rotatable bonds is 5. The monoisotopic (exact) mass is 274 g/mol. The molecule has 0 aliphatic rings. The Bertz CT molecular complexity index is 587. The van der Waals surface area contributed by atoms with E-state index in [1.807, 2.05) is 45.0 Å². The van der Waals surface area contributed by atoms with Crippen LogP contribution in [-0.2, 0) is 0 Å². The molecule has 0 aliphatic heterocycles. The van der Waals surface area contributed by atoms with Crippen LogP contribution < -0.4 is 14.8 Å². The maximum Gasteiger partial charge on any atom is 0.330 e. The predicted molar refractivity (Wildman–Crippen MR) is 76.4 cm³/mol. The normalized spacial score (nSPS) is 10.4. The summed E-state index contributed by atoms with van der Waals surface area (Å²) >= 11 is 0. The first kappa shape index (κ1) is 14.0. The van der Waals surface area contributed by atoms with E-state index in [2.05, 4.69) is 20.3 Å². The zero-order valence-corrected chi connectivity index (χ0v) is 12.0. The molecule has 106 valence electrons. The Morgan fingerprint density at radius 3 is 2.50 bits per heavy atom. The van der Waals surface area contributed by atoms with E-state index in [-0.39, 0.29) is 18.1 Å². The first-order valence-corrected chi connectivity index (χ1v) is 6.42. The molecule has 2 aromatic rings. The highest BCUT2D eigenvalue weighted by atomic mass is 16.5. The first-order valence-electron chi connectivity index (χ1n) is 6.42. The molecule has 0 unspecified atom stereocenters. The number of anilines is 1. The SMILES string of the molecule is CNc1nc(Oc2cccc(C)c2)nc(OC(C)C)n1. The molecule has 0 saturated carbocycles. The number of nitrogens with zero attached hydrogens (tertiary/aromatic N) is 3. The summed E-state index contributed by atoms with van der Waals surface area (Å²) in [6.45, 7) is 5.81. The predicted octanol–water partition coefficient (Wildman–Crippen LogP) is 2.80. The van der Waals surface area contributed by atoms with Crippen molar-refractivity contribution in [3.8, 4) is 17.8 Å². The number of aryl methyl sites for hydroxylation is 1. The van der Waals surface area contributed by atoms with Crippen LogP contribution in [0.4, 0.5) is 5.95 Å². The van der Waals surface area contributed by atoms with Crippen molar-refractivity contribution in [2.75, 3.05) is 12.4 Å². The van der Waals surface area contributed by atoms with E-state index in [1.165, 1.54) is 0 Å². The largest absolute Gasteiger partial charge is 0.461 e. The Balaban J connectivity index is 2.26. The molecule has 0 saturated heterocycles. The summed E-state index contributed by atoms with van der Waals surface area (Å²) in [6.07, 6.45) is -0.0195. The summed E-state index contributed by atoms with van der Waals surface area (Å²) in [5, 5.41) is 2.86. The van der Waals surface area contributed by atoms with Crippen molar-refractivity contribution < 1.29 is 9.47 Å². The summed E-state index contributed by atoms with van der Waals surface area (Å²) in [7, 11) is 1.73. The number of benzene rings is 1. The molecule has 0 fully saturated rings. The van der Waals surface area contributed by atoms with E-state index >= 15 is 0 Å². The first-order chi connectivity index (χ1) is 9.56. The Morgan fingerprint density at radius 1 is 1.10 bits per heavy atom. The Morgan fingerprint density at radius 2 is 1.85 bits per heavy atom. The fourth-order valence-corrected chi connectivity index (χ4v) is 1.54. The lowest BCUT2D eigenvalue weighted by Gasteiger charge is -2.10. The molecule has 0 amide bonds. The number of nitrogens with one attached hydrogen (secondary N) is 1. The molecule has 6 heteroatoms. The molecule has 0 aliphatic carbocycles. The summed E-state index contributed by atoms with van der Waals surface area (Å²) in [6, 6.07) is 8.10. The molecular weight excluding hydrogens is 256 g/mol. The van der Waals surface area contributed by atoms with Crippen molar-refractivity contribution in [2.45, 2.75) is 26.9 Å².